The Bertz CT molecular complexity index is 803. The average Bonchev–Trinajstić information content (AvgIpc) is 3.20. The number of nitrogens with zero attached hydrogens (tertiary/aromatic N) is 1. The number of carbonyl (C=O) groups is 2. The van der Waals surface area contributed by atoms with Gasteiger partial charge in [0.15, 0.2) is 0 Å². The maximum atomic E-state index is 14.2. The molecule has 0 spiro atoms. The standard InChI is InChI=1S/C23H27FN2O2/c1-17(23(28)25-20-12-6-7-13-20)26(16-19-11-5-8-14-21(19)24)22(27)15-18-9-3-2-4-10-18/h2-5,8-11,14,17,20H,6-7,12-13,15-16H2,1H3,(H,25,28). The van der Waals surface area contributed by atoms with Crippen LogP contribution in [0, 0.1) is 5.82 Å². The van der Waals surface area contributed by atoms with E-state index in [2.05, 4.69) is 5.32 Å². The lowest BCUT2D eigenvalue weighted by Crippen LogP contribution is -2.50. The number of hydrogen-bond acceptors (Lipinski definition) is 2. The van der Waals surface area contributed by atoms with Crippen LogP contribution in [-0.2, 0) is 22.6 Å². The lowest BCUT2D eigenvalue weighted by atomic mass is 10.1. The third-order valence-corrected chi connectivity index (χ3v) is 5.37. The van der Waals surface area contributed by atoms with Gasteiger partial charge in [-0.15, -0.1) is 0 Å². The fourth-order valence-electron chi connectivity index (χ4n) is 3.66. The van der Waals surface area contributed by atoms with Crippen LogP contribution in [0.15, 0.2) is 54.6 Å². The molecule has 5 heteroatoms. The largest absolute Gasteiger partial charge is 0.352 e. The number of carbonyl (C=O) groups excluding carboxylic acids is 2. The van der Waals surface area contributed by atoms with Crippen molar-refractivity contribution in [1.29, 1.82) is 0 Å². The quantitative estimate of drug-likeness (QED) is 0.791. The van der Waals surface area contributed by atoms with Crippen LogP contribution in [0.3, 0.4) is 0 Å². The fourth-order valence-corrected chi connectivity index (χ4v) is 3.66. The number of amides is 2. The van der Waals surface area contributed by atoms with Gasteiger partial charge in [-0.3, -0.25) is 9.59 Å². The van der Waals surface area contributed by atoms with Crippen molar-refractivity contribution in [2.24, 2.45) is 0 Å². The summed E-state index contributed by atoms with van der Waals surface area (Å²) in [6.07, 6.45) is 4.36. The molecule has 1 atom stereocenters. The van der Waals surface area contributed by atoms with Crippen molar-refractivity contribution < 1.29 is 14.0 Å². The Morgan fingerprint density at radius 3 is 2.39 bits per heavy atom. The van der Waals surface area contributed by atoms with Gasteiger partial charge in [-0.05, 0) is 31.4 Å². The summed E-state index contributed by atoms with van der Waals surface area (Å²) in [5.41, 5.74) is 1.28. The molecule has 28 heavy (non-hydrogen) atoms. The van der Waals surface area contributed by atoms with Gasteiger partial charge in [0.25, 0.3) is 0 Å². The first-order valence-corrected chi connectivity index (χ1v) is 9.92. The molecule has 148 valence electrons. The van der Waals surface area contributed by atoms with Gasteiger partial charge < -0.3 is 10.2 Å². The van der Waals surface area contributed by atoms with Crippen LogP contribution in [0.4, 0.5) is 4.39 Å². The molecule has 1 unspecified atom stereocenters. The Kier molecular flexibility index (Phi) is 6.80. The molecule has 0 saturated heterocycles. The summed E-state index contributed by atoms with van der Waals surface area (Å²) in [5.74, 6) is -0.739. The molecule has 2 aromatic carbocycles. The Morgan fingerprint density at radius 1 is 1.07 bits per heavy atom. The number of nitrogens with one attached hydrogen (secondary N) is 1. The summed E-state index contributed by atoms with van der Waals surface area (Å²) in [6, 6.07) is 15.3. The van der Waals surface area contributed by atoms with E-state index in [1.165, 1.54) is 11.0 Å². The average molecular weight is 382 g/mol. The molecule has 4 nitrogen and oxygen atoms in total. The van der Waals surface area contributed by atoms with Crippen molar-refractivity contribution in [2.45, 2.75) is 57.7 Å². The molecule has 1 aliphatic rings. The van der Waals surface area contributed by atoms with Crippen molar-refractivity contribution in [3.63, 3.8) is 0 Å². The minimum absolute atomic E-state index is 0.0671. The van der Waals surface area contributed by atoms with E-state index in [0.717, 1.165) is 31.2 Å². The first-order valence-electron chi connectivity index (χ1n) is 9.92. The zero-order valence-corrected chi connectivity index (χ0v) is 16.2. The molecule has 3 rings (SSSR count). The maximum Gasteiger partial charge on any atom is 0.242 e. The van der Waals surface area contributed by atoms with E-state index in [9.17, 15) is 14.0 Å². The summed E-state index contributed by atoms with van der Waals surface area (Å²) >= 11 is 0. The van der Waals surface area contributed by atoms with E-state index in [-0.39, 0.29) is 36.6 Å². The lowest BCUT2D eigenvalue weighted by Gasteiger charge is -2.30. The van der Waals surface area contributed by atoms with Gasteiger partial charge in [-0.1, -0.05) is 61.4 Å². The highest BCUT2D eigenvalue weighted by Gasteiger charge is 2.28. The normalized spacial score (nSPS) is 15.2. The van der Waals surface area contributed by atoms with Gasteiger partial charge >= 0.3 is 0 Å². The molecular formula is C23H27FN2O2. The van der Waals surface area contributed by atoms with Gasteiger partial charge in [-0.25, -0.2) is 4.39 Å². The van der Waals surface area contributed by atoms with E-state index in [1.807, 2.05) is 30.3 Å². The highest BCUT2D eigenvalue weighted by Crippen LogP contribution is 2.19. The highest BCUT2D eigenvalue weighted by atomic mass is 19.1. The summed E-state index contributed by atoms with van der Waals surface area (Å²) in [6.45, 7) is 1.78. The van der Waals surface area contributed by atoms with Crippen molar-refractivity contribution in [1.82, 2.24) is 10.2 Å². The monoisotopic (exact) mass is 382 g/mol. The molecule has 0 radical (unpaired) electrons. The third kappa shape index (κ3) is 5.18. The SMILES string of the molecule is CC(C(=O)NC1CCCC1)N(Cc1ccccc1F)C(=O)Cc1ccccc1. The van der Waals surface area contributed by atoms with Crippen LogP contribution < -0.4 is 5.32 Å². The number of hydrogen-bond donors (Lipinski definition) is 1. The second-order valence-electron chi connectivity index (χ2n) is 7.44. The molecule has 0 bridgehead atoms. The molecule has 0 aromatic heterocycles. The molecule has 2 amide bonds. The Balaban J connectivity index is 1.77. The van der Waals surface area contributed by atoms with Crippen LogP contribution in [0.25, 0.3) is 0 Å². The molecule has 1 aliphatic carbocycles. The highest BCUT2D eigenvalue weighted by molar-refractivity contribution is 5.88. The maximum absolute atomic E-state index is 14.2. The fraction of sp³-hybridized carbons (Fsp3) is 0.391. The molecular weight excluding hydrogens is 355 g/mol. The van der Waals surface area contributed by atoms with Crippen LogP contribution in [0.1, 0.15) is 43.7 Å². The Morgan fingerprint density at radius 2 is 1.71 bits per heavy atom. The number of benzene rings is 2. The summed E-state index contributed by atoms with van der Waals surface area (Å²) in [4.78, 5) is 27.3. The van der Waals surface area contributed by atoms with Crippen molar-refractivity contribution in [3.05, 3.63) is 71.5 Å². The van der Waals surface area contributed by atoms with Crippen molar-refractivity contribution in [2.75, 3.05) is 0 Å². The number of halogens is 1. The molecule has 1 fully saturated rings. The van der Waals surface area contributed by atoms with Gasteiger partial charge in [0.05, 0.1) is 6.42 Å². The molecule has 0 aliphatic heterocycles. The molecule has 1 N–H and O–H groups in total. The minimum atomic E-state index is -0.670. The van der Waals surface area contributed by atoms with E-state index < -0.39 is 6.04 Å². The smallest absolute Gasteiger partial charge is 0.242 e. The Hall–Kier alpha value is -2.69. The zero-order valence-electron chi connectivity index (χ0n) is 16.2. The topological polar surface area (TPSA) is 49.4 Å². The second kappa shape index (κ2) is 9.49. The van der Waals surface area contributed by atoms with Gasteiger partial charge in [0.1, 0.15) is 11.9 Å². The molecule has 1 saturated carbocycles. The van der Waals surface area contributed by atoms with Crippen molar-refractivity contribution >= 4 is 11.8 Å². The second-order valence-corrected chi connectivity index (χ2v) is 7.44. The van der Waals surface area contributed by atoms with Crippen LogP contribution in [0.2, 0.25) is 0 Å². The van der Waals surface area contributed by atoms with E-state index >= 15 is 0 Å². The van der Waals surface area contributed by atoms with E-state index in [0.29, 0.717) is 5.56 Å². The minimum Gasteiger partial charge on any atom is -0.352 e. The predicted octanol–water partition coefficient (Wildman–Crippen LogP) is 3.84. The van der Waals surface area contributed by atoms with Crippen LogP contribution in [0.5, 0.6) is 0 Å². The third-order valence-electron chi connectivity index (χ3n) is 5.37. The van der Waals surface area contributed by atoms with Gasteiger partial charge in [0.2, 0.25) is 11.8 Å². The van der Waals surface area contributed by atoms with E-state index in [4.69, 9.17) is 0 Å². The van der Waals surface area contributed by atoms with Crippen LogP contribution in [-0.4, -0.2) is 28.8 Å². The zero-order chi connectivity index (χ0) is 19.9. The predicted molar refractivity (Wildman–Crippen MR) is 107 cm³/mol. The van der Waals surface area contributed by atoms with E-state index in [1.54, 1.807) is 25.1 Å². The van der Waals surface area contributed by atoms with Gasteiger partial charge in [0, 0.05) is 18.2 Å². The van der Waals surface area contributed by atoms with Gasteiger partial charge in [-0.2, -0.15) is 0 Å². The van der Waals surface area contributed by atoms with Crippen LogP contribution >= 0.6 is 0 Å². The Labute approximate surface area is 165 Å². The number of rotatable bonds is 7. The molecule has 0 heterocycles. The van der Waals surface area contributed by atoms with Crippen molar-refractivity contribution in [3.8, 4) is 0 Å². The summed E-state index contributed by atoms with van der Waals surface area (Å²) in [5, 5.41) is 3.05. The first-order chi connectivity index (χ1) is 13.5. The summed E-state index contributed by atoms with van der Waals surface area (Å²) < 4.78 is 14.2. The molecule has 2 aromatic rings. The summed E-state index contributed by atoms with van der Waals surface area (Å²) in [7, 11) is 0. The first kappa shape index (κ1) is 20.1. The lowest BCUT2D eigenvalue weighted by molar-refractivity contribution is -0.140.